The van der Waals surface area contributed by atoms with Crippen LogP contribution in [0, 0.1) is 5.82 Å². The second kappa shape index (κ2) is 5.85. The standard InChI is InChI=1S/C17H19FN4/c1-21(2)10-12-4-13(8-19-7-12)15-5-14-9-20-11-22(3)17(14)6-16(15)18/h4-9H,10-11H2,1-3H3. The van der Waals surface area contributed by atoms with Gasteiger partial charge in [-0.1, -0.05) is 0 Å². The van der Waals surface area contributed by atoms with Crippen LogP contribution in [0.25, 0.3) is 11.1 Å². The number of rotatable bonds is 3. The molecule has 114 valence electrons. The Hall–Kier alpha value is -2.27. The van der Waals surface area contributed by atoms with Crippen LogP contribution in [0.2, 0.25) is 0 Å². The van der Waals surface area contributed by atoms with Gasteiger partial charge in [-0.3, -0.25) is 9.98 Å². The molecular weight excluding hydrogens is 279 g/mol. The molecule has 5 heteroatoms. The van der Waals surface area contributed by atoms with Gasteiger partial charge < -0.3 is 9.80 Å². The lowest BCUT2D eigenvalue weighted by atomic mass is 10.0. The van der Waals surface area contributed by atoms with Gasteiger partial charge in [0.2, 0.25) is 0 Å². The molecule has 0 fully saturated rings. The van der Waals surface area contributed by atoms with Gasteiger partial charge in [-0.05, 0) is 37.9 Å². The van der Waals surface area contributed by atoms with Crippen LogP contribution in [-0.2, 0) is 6.54 Å². The molecule has 0 saturated heterocycles. The molecule has 0 aliphatic carbocycles. The van der Waals surface area contributed by atoms with Crippen molar-refractivity contribution in [1.82, 2.24) is 9.88 Å². The number of aliphatic imine (C=N–C) groups is 1. The maximum atomic E-state index is 14.5. The van der Waals surface area contributed by atoms with Gasteiger partial charge in [0.1, 0.15) is 12.5 Å². The van der Waals surface area contributed by atoms with Crippen molar-refractivity contribution in [3.05, 3.63) is 47.5 Å². The molecule has 0 amide bonds. The van der Waals surface area contributed by atoms with Gasteiger partial charge in [0, 0.05) is 54.6 Å². The average molecular weight is 298 g/mol. The van der Waals surface area contributed by atoms with Crippen molar-refractivity contribution in [1.29, 1.82) is 0 Å². The van der Waals surface area contributed by atoms with Crippen molar-refractivity contribution >= 4 is 11.9 Å². The fourth-order valence-electron chi connectivity index (χ4n) is 2.66. The molecule has 0 unspecified atom stereocenters. The van der Waals surface area contributed by atoms with Crippen LogP contribution in [0.4, 0.5) is 10.1 Å². The Kier molecular flexibility index (Phi) is 3.90. The van der Waals surface area contributed by atoms with E-state index in [0.717, 1.165) is 28.9 Å². The van der Waals surface area contributed by atoms with Crippen molar-refractivity contribution in [3.8, 4) is 11.1 Å². The first-order valence-corrected chi connectivity index (χ1v) is 7.18. The van der Waals surface area contributed by atoms with Crippen LogP contribution in [0.15, 0.2) is 35.6 Å². The van der Waals surface area contributed by atoms with E-state index in [9.17, 15) is 4.39 Å². The highest BCUT2D eigenvalue weighted by Gasteiger charge is 2.16. The molecule has 1 aliphatic heterocycles. The highest BCUT2D eigenvalue weighted by molar-refractivity contribution is 5.92. The molecule has 22 heavy (non-hydrogen) atoms. The largest absolute Gasteiger partial charge is 0.355 e. The van der Waals surface area contributed by atoms with Crippen molar-refractivity contribution in [2.24, 2.45) is 4.99 Å². The summed E-state index contributed by atoms with van der Waals surface area (Å²) in [6.45, 7) is 1.34. The third kappa shape index (κ3) is 2.85. The lowest BCUT2D eigenvalue weighted by Crippen LogP contribution is -2.22. The Balaban J connectivity index is 2.04. The Morgan fingerprint density at radius 1 is 1.23 bits per heavy atom. The van der Waals surface area contributed by atoms with E-state index in [2.05, 4.69) is 14.9 Å². The van der Waals surface area contributed by atoms with Crippen LogP contribution in [0.1, 0.15) is 11.1 Å². The predicted octanol–water partition coefficient (Wildman–Crippen LogP) is 2.78. The Bertz CT molecular complexity index is 725. The van der Waals surface area contributed by atoms with Crippen LogP contribution in [0.5, 0.6) is 0 Å². The second-order valence-electron chi connectivity index (χ2n) is 5.86. The summed E-state index contributed by atoms with van der Waals surface area (Å²) in [5.74, 6) is -0.232. The highest BCUT2D eigenvalue weighted by Crippen LogP contribution is 2.31. The fraction of sp³-hybridized carbons (Fsp3) is 0.294. The molecule has 0 spiro atoms. The number of anilines is 1. The maximum absolute atomic E-state index is 14.5. The van der Waals surface area contributed by atoms with E-state index in [1.807, 2.05) is 44.4 Å². The van der Waals surface area contributed by atoms with Crippen LogP contribution in [-0.4, -0.2) is 43.9 Å². The summed E-state index contributed by atoms with van der Waals surface area (Å²) in [4.78, 5) is 12.5. The molecular formula is C17H19FN4. The summed E-state index contributed by atoms with van der Waals surface area (Å²) in [7, 11) is 5.91. The monoisotopic (exact) mass is 298 g/mol. The lowest BCUT2D eigenvalue weighted by Gasteiger charge is -2.23. The fourth-order valence-corrected chi connectivity index (χ4v) is 2.66. The minimum absolute atomic E-state index is 0.232. The predicted molar refractivity (Wildman–Crippen MR) is 87.9 cm³/mol. The summed E-state index contributed by atoms with van der Waals surface area (Å²) in [5.41, 5.74) is 4.22. The van der Waals surface area contributed by atoms with E-state index in [1.165, 1.54) is 0 Å². The lowest BCUT2D eigenvalue weighted by molar-refractivity contribution is 0.402. The molecule has 2 aromatic rings. The summed E-state index contributed by atoms with van der Waals surface area (Å²) in [5, 5.41) is 0. The van der Waals surface area contributed by atoms with Gasteiger partial charge in [-0.2, -0.15) is 0 Å². The summed E-state index contributed by atoms with van der Waals surface area (Å²) < 4.78 is 14.5. The molecule has 0 radical (unpaired) electrons. The van der Waals surface area contributed by atoms with Crippen LogP contribution in [0.3, 0.4) is 0 Å². The third-order valence-electron chi connectivity index (χ3n) is 3.66. The van der Waals surface area contributed by atoms with Crippen LogP contribution < -0.4 is 4.90 Å². The zero-order valence-corrected chi connectivity index (χ0v) is 13.0. The topological polar surface area (TPSA) is 31.7 Å². The quantitative estimate of drug-likeness (QED) is 0.873. The normalized spacial score (nSPS) is 13.6. The number of pyridine rings is 1. The van der Waals surface area contributed by atoms with Gasteiger partial charge in [0.15, 0.2) is 0 Å². The van der Waals surface area contributed by atoms with Crippen molar-refractivity contribution in [2.75, 3.05) is 32.7 Å². The van der Waals surface area contributed by atoms with Gasteiger partial charge in [-0.25, -0.2) is 4.39 Å². The Labute approximate surface area is 129 Å². The zero-order valence-electron chi connectivity index (χ0n) is 13.0. The third-order valence-corrected chi connectivity index (χ3v) is 3.66. The number of halogens is 1. The van der Waals surface area contributed by atoms with Gasteiger partial charge in [0.05, 0.1) is 0 Å². The molecule has 0 N–H and O–H groups in total. The first-order valence-electron chi connectivity index (χ1n) is 7.18. The van der Waals surface area contributed by atoms with E-state index in [-0.39, 0.29) is 5.82 Å². The van der Waals surface area contributed by atoms with E-state index >= 15 is 0 Å². The molecule has 4 nitrogen and oxygen atoms in total. The average Bonchev–Trinajstić information content (AvgIpc) is 2.47. The Morgan fingerprint density at radius 3 is 2.82 bits per heavy atom. The Morgan fingerprint density at radius 2 is 2.05 bits per heavy atom. The maximum Gasteiger partial charge on any atom is 0.133 e. The van der Waals surface area contributed by atoms with Crippen LogP contribution >= 0.6 is 0 Å². The van der Waals surface area contributed by atoms with E-state index in [4.69, 9.17) is 0 Å². The molecule has 0 bridgehead atoms. The molecule has 1 aliphatic rings. The number of hydrogen-bond acceptors (Lipinski definition) is 4. The first-order chi connectivity index (χ1) is 10.5. The summed E-state index contributed by atoms with van der Waals surface area (Å²) >= 11 is 0. The van der Waals surface area contributed by atoms with E-state index in [0.29, 0.717) is 12.2 Å². The highest BCUT2D eigenvalue weighted by atomic mass is 19.1. The number of nitrogens with zero attached hydrogens (tertiary/aromatic N) is 4. The second-order valence-corrected chi connectivity index (χ2v) is 5.86. The summed E-state index contributed by atoms with van der Waals surface area (Å²) in [6, 6.07) is 5.41. The molecule has 3 rings (SSSR count). The molecule has 1 aromatic heterocycles. The van der Waals surface area contributed by atoms with Crippen molar-refractivity contribution in [2.45, 2.75) is 6.54 Å². The molecule has 0 atom stereocenters. The van der Waals surface area contributed by atoms with E-state index in [1.54, 1.807) is 18.5 Å². The summed E-state index contributed by atoms with van der Waals surface area (Å²) in [6.07, 6.45) is 5.32. The first kappa shape index (κ1) is 14.7. The molecule has 1 aromatic carbocycles. The minimum atomic E-state index is -0.232. The zero-order chi connectivity index (χ0) is 15.7. The SMILES string of the molecule is CN(C)Cc1cncc(-c2cc3c(cc2F)N(C)CN=C3)c1. The number of fused-ring (bicyclic) bond motifs is 1. The molecule has 2 heterocycles. The number of benzene rings is 1. The number of aromatic nitrogens is 1. The van der Waals surface area contributed by atoms with Gasteiger partial charge >= 0.3 is 0 Å². The van der Waals surface area contributed by atoms with Gasteiger partial charge in [-0.15, -0.1) is 0 Å². The van der Waals surface area contributed by atoms with Crippen molar-refractivity contribution < 1.29 is 4.39 Å². The van der Waals surface area contributed by atoms with Crippen molar-refractivity contribution in [3.63, 3.8) is 0 Å². The number of hydrogen-bond donors (Lipinski definition) is 0. The minimum Gasteiger partial charge on any atom is -0.355 e. The molecule has 0 saturated carbocycles. The smallest absolute Gasteiger partial charge is 0.133 e. The van der Waals surface area contributed by atoms with Gasteiger partial charge in [0.25, 0.3) is 0 Å². The van der Waals surface area contributed by atoms with E-state index < -0.39 is 0 Å².